The van der Waals surface area contributed by atoms with Gasteiger partial charge in [-0.05, 0) is 128 Å². The predicted octanol–water partition coefficient (Wildman–Crippen LogP) is 17.9. The van der Waals surface area contributed by atoms with Gasteiger partial charge in [0.1, 0.15) is 6.61 Å². The summed E-state index contributed by atoms with van der Waals surface area (Å²) in [5.74, 6) is -0.554. The Morgan fingerprint density at radius 1 is 0.333 bits per heavy atom. The summed E-state index contributed by atoms with van der Waals surface area (Å²) in [7, 11) is 0. The number of esters is 2. The molecule has 0 aromatic heterocycles. The second-order valence-corrected chi connectivity index (χ2v) is 16.3. The fourth-order valence-corrected chi connectivity index (χ4v) is 6.30. The first-order valence-electron chi connectivity index (χ1n) is 26.0. The molecule has 5 heteroatoms. The van der Waals surface area contributed by atoms with E-state index in [1.54, 1.807) is 0 Å². The van der Waals surface area contributed by atoms with Crippen LogP contribution in [0, 0.1) is 0 Å². The van der Waals surface area contributed by atoms with Crippen LogP contribution in [0.15, 0.2) is 158 Å². The maximum absolute atomic E-state index is 12.8. The van der Waals surface area contributed by atoms with Gasteiger partial charge in [0, 0.05) is 19.4 Å². The fraction of sp³-hybridized carbons (Fsp3) is 0.541. The van der Waals surface area contributed by atoms with Gasteiger partial charge in [-0.3, -0.25) is 9.59 Å². The number of ether oxygens (including phenoxy) is 3. The van der Waals surface area contributed by atoms with E-state index in [9.17, 15) is 9.59 Å². The Hall–Kier alpha value is -4.48. The van der Waals surface area contributed by atoms with Gasteiger partial charge in [-0.15, -0.1) is 0 Å². The Balaban J connectivity index is 4.49. The minimum atomic E-state index is -0.605. The molecule has 0 spiro atoms. The summed E-state index contributed by atoms with van der Waals surface area (Å²) in [6.07, 6.45) is 81.3. The molecular weight excluding hydrogens is 813 g/mol. The molecule has 1 unspecified atom stereocenters. The molecule has 0 bridgehead atoms. The molecule has 0 rings (SSSR count). The zero-order chi connectivity index (χ0) is 47.7. The number of hydrogen-bond acceptors (Lipinski definition) is 5. The SMILES string of the molecule is CC/C=C\C/C=C\C/C=C\C/C=C\C/C=C\C/C=C\CCC(=O)OCC(COCCCCCCC/C=C\C/C=C\C/C=C\C/C=C\CC)OC(=O)CCCCC/C=C\C/C=C\C/C=C\CC. The van der Waals surface area contributed by atoms with Gasteiger partial charge >= 0.3 is 11.9 Å². The Morgan fingerprint density at radius 2 is 0.667 bits per heavy atom. The van der Waals surface area contributed by atoms with E-state index in [0.29, 0.717) is 19.4 Å². The molecule has 1 atom stereocenters. The smallest absolute Gasteiger partial charge is 0.306 e. The van der Waals surface area contributed by atoms with Crippen LogP contribution < -0.4 is 0 Å². The highest BCUT2D eigenvalue weighted by Crippen LogP contribution is 2.10. The van der Waals surface area contributed by atoms with Crippen molar-refractivity contribution in [2.75, 3.05) is 19.8 Å². The molecule has 0 saturated carbocycles. The third-order valence-corrected chi connectivity index (χ3v) is 10.1. The third kappa shape index (κ3) is 52.1. The van der Waals surface area contributed by atoms with Gasteiger partial charge < -0.3 is 14.2 Å². The molecule has 0 radical (unpaired) electrons. The number of hydrogen-bond donors (Lipinski definition) is 0. The molecule has 0 aliphatic carbocycles. The molecule has 0 aromatic rings. The summed E-state index contributed by atoms with van der Waals surface area (Å²) in [5.41, 5.74) is 0. The molecule has 0 heterocycles. The summed E-state index contributed by atoms with van der Waals surface area (Å²) in [6.45, 7) is 7.30. The normalized spacial score (nSPS) is 13.6. The van der Waals surface area contributed by atoms with E-state index in [4.69, 9.17) is 14.2 Å². The molecule has 0 aromatic carbocycles. The second kappa shape index (κ2) is 54.9. The van der Waals surface area contributed by atoms with Crippen LogP contribution in [0.1, 0.15) is 188 Å². The monoisotopic (exact) mass is 907 g/mol. The lowest BCUT2D eigenvalue weighted by Crippen LogP contribution is -2.30. The highest BCUT2D eigenvalue weighted by Gasteiger charge is 2.17. The molecule has 5 nitrogen and oxygen atoms in total. The molecule has 66 heavy (non-hydrogen) atoms. The number of rotatable bonds is 45. The zero-order valence-corrected chi connectivity index (χ0v) is 42.1. The maximum Gasteiger partial charge on any atom is 0.306 e. The van der Waals surface area contributed by atoms with E-state index >= 15 is 0 Å². The first-order valence-corrected chi connectivity index (χ1v) is 26.0. The van der Waals surface area contributed by atoms with Crippen LogP contribution in [0.4, 0.5) is 0 Å². The van der Waals surface area contributed by atoms with Gasteiger partial charge in [-0.1, -0.05) is 204 Å². The summed E-state index contributed by atoms with van der Waals surface area (Å²) in [4.78, 5) is 25.4. The highest BCUT2D eigenvalue weighted by molar-refractivity contribution is 5.70. The van der Waals surface area contributed by atoms with Crippen molar-refractivity contribution in [3.63, 3.8) is 0 Å². The minimum absolute atomic E-state index is 0.0136. The second-order valence-electron chi connectivity index (χ2n) is 16.3. The van der Waals surface area contributed by atoms with Gasteiger partial charge in [0.05, 0.1) is 6.61 Å². The number of unbranched alkanes of at least 4 members (excludes halogenated alkanes) is 8. The van der Waals surface area contributed by atoms with Gasteiger partial charge in [0.25, 0.3) is 0 Å². The first-order chi connectivity index (χ1) is 32.6. The molecular formula is C61H94O5. The van der Waals surface area contributed by atoms with Gasteiger partial charge in [-0.2, -0.15) is 0 Å². The van der Waals surface area contributed by atoms with Crippen molar-refractivity contribution in [1.29, 1.82) is 0 Å². The molecule has 0 aliphatic rings. The Bertz CT molecular complexity index is 1490. The highest BCUT2D eigenvalue weighted by atomic mass is 16.6. The van der Waals surface area contributed by atoms with Crippen LogP contribution in [0.5, 0.6) is 0 Å². The average molecular weight is 907 g/mol. The van der Waals surface area contributed by atoms with Crippen molar-refractivity contribution in [3.05, 3.63) is 158 Å². The van der Waals surface area contributed by atoms with Crippen LogP contribution in [-0.4, -0.2) is 37.9 Å². The molecule has 0 fully saturated rings. The standard InChI is InChI=1S/C61H94O5/c1-4-7-10-13-16-19-22-25-27-29-31-32-34-37-39-42-45-48-51-54-60(62)65-58-59(66-61(63)55-52-49-46-43-40-36-24-21-18-15-12-9-6-3)57-64-56-53-50-47-44-41-38-35-33-30-28-26-23-20-17-14-11-8-5-2/h7-12,16-21,25-28,31-33,35-37,39-40,45,48,59H,4-6,13-15,22-24,29-30,34,38,41-44,46-47,49-58H2,1-3H3/b10-7-,11-8-,12-9-,19-16-,20-17-,21-18-,27-25-,28-26-,32-31-,35-33-,39-37-,40-36-,48-45-. The van der Waals surface area contributed by atoms with Gasteiger partial charge in [-0.25, -0.2) is 0 Å². The van der Waals surface area contributed by atoms with E-state index in [1.165, 1.54) is 19.3 Å². The Kier molecular flexibility index (Phi) is 51.1. The lowest BCUT2D eigenvalue weighted by molar-refractivity contribution is -0.162. The Labute approximate surface area is 405 Å². The van der Waals surface area contributed by atoms with Crippen molar-refractivity contribution < 1.29 is 23.8 Å². The zero-order valence-electron chi connectivity index (χ0n) is 42.1. The van der Waals surface area contributed by atoms with Crippen molar-refractivity contribution in [1.82, 2.24) is 0 Å². The van der Waals surface area contributed by atoms with Crippen LogP contribution in [0.3, 0.4) is 0 Å². The number of allylic oxidation sites excluding steroid dienone is 26. The summed E-state index contributed by atoms with van der Waals surface area (Å²) < 4.78 is 17.3. The molecule has 0 N–H and O–H groups in total. The van der Waals surface area contributed by atoms with Crippen molar-refractivity contribution in [2.45, 2.75) is 194 Å². The van der Waals surface area contributed by atoms with Gasteiger partial charge in [0.15, 0.2) is 6.10 Å². The van der Waals surface area contributed by atoms with Crippen molar-refractivity contribution in [3.8, 4) is 0 Å². The topological polar surface area (TPSA) is 61.8 Å². The summed E-state index contributed by atoms with van der Waals surface area (Å²) in [6, 6.07) is 0. The van der Waals surface area contributed by atoms with Crippen LogP contribution in [0.2, 0.25) is 0 Å². The van der Waals surface area contributed by atoms with E-state index in [-0.39, 0.29) is 31.6 Å². The minimum Gasteiger partial charge on any atom is -0.462 e. The summed E-state index contributed by atoms with van der Waals surface area (Å²) >= 11 is 0. The molecule has 0 aliphatic heterocycles. The molecule has 0 saturated heterocycles. The van der Waals surface area contributed by atoms with Crippen molar-refractivity contribution in [2.24, 2.45) is 0 Å². The van der Waals surface area contributed by atoms with E-state index in [2.05, 4.69) is 173 Å². The molecule has 0 amide bonds. The first kappa shape index (κ1) is 61.5. The lowest BCUT2D eigenvalue weighted by atomic mass is 10.1. The van der Waals surface area contributed by atoms with Crippen molar-refractivity contribution >= 4 is 11.9 Å². The number of carbonyl (C=O) groups is 2. The largest absolute Gasteiger partial charge is 0.462 e. The lowest BCUT2D eigenvalue weighted by Gasteiger charge is -2.18. The van der Waals surface area contributed by atoms with E-state index in [1.807, 2.05) is 6.08 Å². The average Bonchev–Trinajstić information content (AvgIpc) is 3.32. The van der Waals surface area contributed by atoms with Crippen LogP contribution in [-0.2, 0) is 23.8 Å². The quantitative estimate of drug-likeness (QED) is 0.0346. The van der Waals surface area contributed by atoms with Crippen LogP contribution >= 0.6 is 0 Å². The Morgan fingerprint density at radius 3 is 1.08 bits per heavy atom. The van der Waals surface area contributed by atoms with Crippen LogP contribution in [0.25, 0.3) is 0 Å². The third-order valence-electron chi connectivity index (χ3n) is 10.1. The van der Waals surface area contributed by atoms with E-state index in [0.717, 1.165) is 128 Å². The molecule has 368 valence electrons. The van der Waals surface area contributed by atoms with E-state index < -0.39 is 6.10 Å². The predicted molar refractivity (Wildman–Crippen MR) is 288 cm³/mol. The van der Waals surface area contributed by atoms with Gasteiger partial charge in [0.2, 0.25) is 0 Å². The summed E-state index contributed by atoms with van der Waals surface area (Å²) in [5, 5.41) is 0. The number of carbonyl (C=O) groups excluding carboxylic acids is 2. The fourth-order valence-electron chi connectivity index (χ4n) is 6.30. The maximum atomic E-state index is 12.8.